The Morgan fingerprint density at radius 1 is 0.804 bits per heavy atom. The Kier molecular flexibility index (Phi) is 4.54. The number of para-hydroxylation sites is 1. The maximum Gasteiger partial charge on any atom is 0.143 e. The number of hydrogen-bond acceptors (Lipinski definition) is 3. The first kappa shape index (κ1) is 17.6. The highest BCUT2D eigenvalue weighted by molar-refractivity contribution is 6.15. The summed E-state index contributed by atoms with van der Waals surface area (Å²) in [6, 6.07) is 13.3. The van der Waals surface area contributed by atoms with Gasteiger partial charge >= 0.3 is 0 Å². The van der Waals surface area contributed by atoms with Crippen molar-refractivity contribution >= 4 is 55.3 Å². The summed E-state index contributed by atoms with van der Waals surface area (Å²) in [7, 11) is 0. The van der Waals surface area contributed by atoms with Crippen LogP contribution in [0.5, 0.6) is 0 Å². The van der Waals surface area contributed by atoms with Gasteiger partial charge in [0.25, 0.3) is 0 Å². The van der Waals surface area contributed by atoms with Gasteiger partial charge in [0, 0.05) is 41.1 Å². The molecule has 1 aliphatic heterocycles. The SMILES string of the molecule is [2H]C/C([2H])=C(\C([2H])=C(\[2H])CN(c1ccc2c(ccc3c4cc(C5Cc6ccccc6N5)ccc4oc23)c1)c1c([2H])c([2H])c(-c2c([2H])c([2H])c([2H])c([2H])c2[2H])c([2H])c1[2H])c1c([2H])cc([2H])c([2H])c1[2H]. The van der Waals surface area contributed by atoms with Crippen molar-refractivity contribution in [1.29, 1.82) is 0 Å². The third kappa shape index (κ3) is 5.87. The monoisotopic (exact) mass is 675 g/mol. The summed E-state index contributed by atoms with van der Waals surface area (Å²) in [6.45, 7) is -1.43. The fourth-order valence-electron chi connectivity index (χ4n) is 6.51. The minimum Gasteiger partial charge on any atom is -0.455 e. The number of anilines is 3. The average Bonchev–Trinajstić information content (AvgIpc) is 3.95. The smallest absolute Gasteiger partial charge is 0.143 e. The predicted octanol–water partition coefficient (Wildman–Crippen LogP) is 12.9. The van der Waals surface area contributed by atoms with Crippen molar-refractivity contribution < 1.29 is 27.7 Å². The molecular weight excluding hydrogens is 621 g/mol. The van der Waals surface area contributed by atoms with Crippen LogP contribution in [0.3, 0.4) is 0 Å². The molecule has 0 saturated heterocycles. The third-order valence-corrected chi connectivity index (χ3v) is 9.00. The molecule has 246 valence electrons. The van der Waals surface area contributed by atoms with Gasteiger partial charge in [0.05, 0.1) is 28.0 Å². The molecule has 1 aliphatic rings. The van der Waals surface area contributed by atoms with Crippen molar-refractivity contribution in [3.8, 4) is 11.1 Å². The quantitative estimate of drug-likeness (QED) is 0.163. The molecular formula is C48H38N2O. The van der Waals surface area contributed by atoms with E-state index in [1.807, 2.05) is 36.4 Å². The van der Waals surface area contributed by atoms with Gasteiger partial charge in [-0.15, -0.1) is 0 Å². The molecule has 0 saturated carbocycles. The lowest BCUT2D eigenvalue weighted by molar-refractivity contribution is 0.672. The number of hydrogen-bond donors (Lipinski definition) is 1. The first-order valence-electron chi connectivity index (χ1n) is 25.0. The zero-order chi connectivity index (χ0) is 48.8. The van der Waals surface area contributed by atoms with E-state index in [1.165, 1.54) is 10.5 Å². The molecule has 1 aromatic heterocycles. The normalized spacial score (nSPS) is 19.6. The van der Waals surface area contributed by atoms with Gasteiger partial charge < -0.3 is 14.6 Å². The van der Waals surface area contributed by atoms with Crippen LogP contribution in [0.2, 0.25) is 0 Å². The van der Waals surface area contributed by atoms with Gasteiger partial charge in [0.1, 0.15) is 11.2 Å². The zero-order valence-electron chi connectivity index (χ0n) is 44.1. The molecule has 7 aromatic carbocycles. The Balaban J connectivity index is 1.22. The summed E-state index contributed by atoms with van der Waals surface area (Å²) in [4.78, 5) is 1.23. The Morgan fingerprint density at radius 2 is 1.65 bits per heavy atom. The first-order chi connectivity index (χ1) is 32.3. The summed E-state index contributed by atoms with van der Waals surface area (Å²) < 4.78 is 154. The fourth-order valence-corrected chi connectivity index (χ4v) is 6.51. The van der Waals surface area contributed by atoms with Crippen LogP contribution in [0, 0.1) is 0 Å². The Labute approximate surface area is 322 Å². The molecule has 0 radical (unpaired) electrons. The minimum atomic E-state index is -0.758. The van der Waals surface area contributed by atoms with Crippen molar-refractivity contribution in [2.45, 2.75) is 19.4 Å². The van der Waals surface area contributed by atoms with Crippen LogP contribution in [0.4, 0.5) is 17.1 Å². The van der Waals surface area contributed by atoms with E-state index in [1.54, 1.807) is 18.2 Å². The highest BCUT2D eigenvalue weighted by Gasteiger charge is 2.23. The van der Waals surface area contributed by atoms with E-state index in [0.717, 1.165) is 34.5 Å². The number of benzene rings is 7. The highest BCUT2D eigenvalue weighted by Crippen LogP contribution is 2.40. The van der Waals surface area contributed by atoms with Crippen LogP contribution in [0.25, 0.3) is 49.4 Å². The molecule has 0 bridgehead atoms. The van der Waals surface area contributed by atoms with E-state index in [4.69, 9.17) is 22.2 Å². The summed E-state index contributed by atoms with van der Waals surface area (Å²) in [5.41, 5.74) is 2.41. The number of nitrogens with zero attached hydrogens (tertiary/aromatic N) is 1. The fraction of sp³-hybridized carbons (Fsp3) is 0.0833. The number of rotatable bonds is 8. The van der Waals surface area contributed by atoms with Crippen LogP contribution in [-0.2, 0) is 6.42 Å². The Morgan fingerprint density at radius 3 is 2.53 bits per heavy atom. The minimum absolute atomic E-state index is 0.0627. The van der Waals surface area contributed by atoms with Crippen molar-refractivity contribution in [2.75, 3.05) is 16.8 Å². The molecule has 51 heavy (non-hydrogen) atoms. The van der Waals surface area contributed by atoms with Gasteiger partial charge in [-0.05, 0) is 107 Å². The topological polar surface area (TPSA) is 28.4 Å². The summed E-state index contributed by atoms with van der Waals surface area (Å²) >= 11 is 0. The second-order valence-corrected chi connectivity index (χ2v) is 12.0. The number of allylic oxidation sites excluding steroid dienone is 3. The lowest BCUT2D eigenvalue weighted by Crippen LogP contribution is -2.16. The lowest BCUT2D eigenvalue weighted by Gasteiger charge is -2.24. The molecule has 1 unspecified atom stereocenters. The number of nitrogens with one attached hydrogen (secondary N) is 1. The van der Waals surface area contributed by atoms with Gasteiger partial charge in [-0.25, -0.2) is 0 Å². The number of fused-ring (bicyclic) bond motifs is 6. The van der Waals surface area contributed by atoms with E-state index >= 15 is 0 Å². The molecule has 1 N–H and O–H groups in total. The predicted molar refractivity (Wildman–Crippen MR) is 216 cm³/mol. The molecule has 0 aliphatic carbocycles. The van der Waals surface area contributed by atoms with Crippen molar-refractivity contribution in [3.63, 3.8) is 0 Å². The van der Waals surface area contributed by atoms with Crippen molar-refractivity contribution in [3.05, 3.63) is 192 Å². The standard InChI is InChI=1S/C48H38N2O/c1-2-33(34-12-5-3-6-13-34)17-11-29-50(40-23-19-36(20-24-40)35-14-7-4-8-15-35)41-25-27-42-37(30-41)21-26-43-44-31-39(22-28-47(44)51-48(42)43)46-32-38-16-9-10-18-45(38)49-46/h2-28,30-31,46,49H,29,32H2,1H3/b17-11-,33-2+/i1D,2D,3D,4D,5D,7D,8D,11D,12D,13D,14D,15D,17D,19D,20D,23D,24D. The van der Waals surface area contributed by atoms with E-state index < -0.39 is 138 Å². The molecule has 3 heteroatoms. The van der Waals surface area contributed by atoms with E-state index in [-0.39, 0.29) is 11.7 Å². The molecule has 0 spiro atoms. The molecule has 2 heterocycles. The van der Waals surface area contributed by atoms with Crippen molar-refractivity contribution in [2.24, 2.45) is 0 Å². The zero-order valence-corrected chi connectivity index (χ0v) is 27.1. The van der Waals surface area contributed by atoms with Crippen LogP contribution in [0.15, 0.2) is 180 Å². The molecule has 9 rings (SSSR count). The van der Waals surface area contributed by atoms with E-state index in [0.29, 0.717) is 21.9 Å². The van der Waals surface area contributed by atoms with Crippen molar-refractivity contribution in [1.82, 2.24) is 0 Å². The van der Waals surface area contributed by atoms with Gasteiger partial charge in [-0.1, -0.05) is 121 Å². The highest BCUT2D eigenvalue weighted by atomic mass is 16.3. The molecule has 1 atom stereocenters. The molecule has 3 nitrogen and oxygen atoms in total. The summed E-state index contributed by atoms with van der Waals surface area (Å²) in [6.07, 6.45) is 0.824. The Hall–Kier alpha value is -6.32. The lowest BCUT2D eigenvalue weighted by atomic mass is 9.99. The second-order valence-electron chi connectivity index (χ2n) is 12.0. The van der Waals surface area contributed by atoms with Gasteiger partial charge in [0.15, 0.2) is 0 Å². The molecule has 0 amide bonds. The molecule has 0 fully saturated rings. The number of furan rings is 1. The largest absolute Gasteiger partial charge is 0.455 e. The van der Waals surface area contributed by atoms with Gasteiger partial charge in [0.2, 0.25) is 0 Å². The van der Waals surface area contributed by atoms with Crippen LogP contribution < -0.4 is 10.2 Å². The summed E-state index contributed by atoms with van der Waals surface area (Å²) in [5.74, 6) is 0. The third-order valence-electron chi connectivity index (χ3n) is 9.00. The van der Waals surface area contributed by atoms with E-state index in [9.17, 15) is 5.48 Å². The van der Waals surface area contributed by atoms with Crippen LogP contribution in [-0.4, -0.2) is 6.54 Å². The van der Waals surface area contributed by atoms with E-state index in [2.05, 4.69) is 23.5 Å². The maximum absolute atomic E-state index is 9.33. The second kappa shape index (κ2) is 13.2. The summed E-state index contributed by atoms with van der Waals surface area (Å²) in [5, 5.41) is 6.60. The van der Waals surface area contributed by atoms with Gasteiger partial charge in [-0.3, -0.25) is 0 Å². The van der Waals surface area contributed by atoms with Crippen LogP contribution in [0.1, 0.15) is 52.9 Å². The van der Waals surface area contributed by atoms with Gasteiger partial charge in [-0.2, -0.15) is 0 Å². The Bertz CT molecular complexity index is 3440. The molecule has 8 aromatic rings. The maximum atomic E-state index is 9.33. The van der Waals surface area contributed by atoms with Crippen LogP contribution >= 0.6 is 0 Å². The average molecular weight is 676 g/mol. The first-order valence-corrected chi connectivity index (χ1v) is 16.3.